The summed E-state index contributed by atoms with van der Waals surface area (Å²) in [6.07, 6.45) is 1.89. The van der Waals surface area contributed by atoms with Crippen LogP contribution in [-0.2, 0) is 9.47 Å². The van der Waals surface area contributed by atoms with E-state index in [0.29, 0.717) is 6.61 Å². The Balaban J connectivity index is 2.13. The Labute approximate surface area is 67.9 Å². The van der Waals surface area contributed by atoms with E-state index in [2.05, 4.69) is 0 Å². The maximum atomic E-state index is 5.99. The number of hydrogen-bond donors (Lipinski definition) is 1. The molecule has 1 rings (SSSR count). The van der Waals surface area contributed by atoms with Crippen molar-refractivity contribution in [2.75, 3.05) is 26.4 Å². The van der Waals surface area contributed by atoms with Gasteiger partial charge in [0.05, 0.1) is 6.61 Å². The summed E-state index contributed by atoms with van der Waals surface area (Å²) in [5.74, 6) is 0. The zero-order chi connectivity index (χ0) is 8.16. The molecule has 1 atom stereocenters. The highest BCUT2D eigenvalue weighted by Crippen LogP contribution is 2.18. The van der Waals surface area contributed by atoms with Crippen LogP contribution < -0.4 is 5.73 Å². The standard InChI is InChI=1S/C8H17NO2/c1-2-10-5-3-8(9)4-6-11-7-8/h2-7,9H2,1H3. The summed E-state index contributed by atoms with van der Waals surface area (Å²) in [7, 11) is 0. The highest BCUT2D eigenvalue weighted by molar-refractivity contribution is 4.87. The molecular formula is C8H17NO2. The maximum Gasteiger partial charge on any atom is 0.0647 e. The van der Waals surface area contributed by atoms with Crippen LogP contribution in [0.15, 0.2) is 0 Å². The molecule has 0 aliphatic carbocycles. The molecule has 1 heterocycles. The zero-order valence-corrected chi connectivity index (χ0v) is 7.14. The fraction of sp³-hybridized carbons (Fsp3) is 1.00. The summed E-state index contributed by atoms with van der Waals surface area (Å²) in [6, 6.07) is 0. The van der Waals surface area contributed by atoms with Gasteiger partial charge in [0, 0.05) is 25.4 Å². The van der Waals surface area contributed by atoms with Crippen LogP contribution in [0.1, 0.15) is 19.8 Å². The van der Waals surface area contributed by atoms with Gasteiger partial charge in [-0.3, -0.25) is 0 Å². The molecule has 0 spiro atoms. The molecule has 0 amide bonds. The number of nitrogens with two attached hydrogens (primary N) is 1. The average molecular weight is 159 g/mol. The number of hydrogen-bond acceptors (Lipinski definition) is 3. The first-order valence-corrected chi connectivity index (χ1v) is 4.21. The van der Waals surface area contributed by atoms with Crippen molar-refractivity contribution in [2.24, 2.45) is 5.73 Å². The van der Waals surface area contributed by atoms with E-state index in [1.165, 1.54) is 0 Å². The van der Waals surface area contributed by atoms with Crippen LogP contribution in [0.4, 0.5) is 0 Å². The third kappa shape index (κ3) is 2.77. The minimum atomic E-state index is -0.102. The summed E-state index contributed by atoms with van der Waals surface area (Å²) < 4.78 is 10.4. The van der Waals surface area contributed by atoms with E-state index in [0.717, 1.165) is 32.7 Å². The van der Waals surface area contributed by atoms with E-state index < -0.39 is 0 Å². The van der Waals surface area contributed by atoms with Crippen molar-refractivity contribution in [2.45, 2.75) is 25.3 Å². The Morgan fingerprint density at radius 2 is 2.45 bits per heavy atom. The molecule has 0 aromatic heterocycles. The van der Waals surface area contributed by atoms with Crippen LogP contribution in [0.3, 0.4) is 0 Å². The highest BCUT2D eigenvalue weighted by atomic mass is 16.5. The molecular weight excluding hydrogens is 142 g/mol. The van der Waals surface area contributed by atoms with Crippen molar-refractivity contribution in [1.29, 1.82) is 0 Å². The van der Waals surface area contributed by atoms with Crippen LogP contribution in [0.2, 0.25) is 0 Å². The summed E-state index contributed by atoms with van der Waals surface area (Å²) >= 11 is 0. The van der Waals surface area contributed by atoms with E-state index in [1.807, 2.05) is 6.92 Å². The van der Waals surface area contributed by atoms with Crippen LogP contribution in [0.25, 0.3) is 0 Å². The Kier molecular flexibility index (Phi) is 3.30. The fourth-order valence-electron chi connectivity index (χ4n) is 1.24. The van der Waals surface area contributed by atoms with Gasteiger partial charge in [-0.2, -0.15) is 0 Å². The van der Waals surface area contributed by atoms with Crippen molar-refractivity contribution in [1.82, 2.24) is 0 Å². The predicted molar refractivity (Wildman–Crippen MR) is 43.5 cm³/mol. The van der Waals surface area contributed by atoms with Crippen molar-refractivity contribution in [3.8, 4) is 0 Å². The van der Waals surface area contributed by atoms with E-state index in [-0.39, 0.29) is 5.54 Å². The quantitative estimate of drug-likeness (QED) is 0.608. The van der Waals surface area contributed by atoms with Gasteiger partial charge in [-0.1, -0.05) is 0 Å². The lowest BCUT2D eigenvalue weighted by atomic mass is 9.97. The molecule has 3 nitrogen and oxygen atoms in total. The monoisotopic (exact) mass is 159 g/mol. The molecule has 2 N–H and O–H groups in total. The van der Waals surface area contributed by atoms with E-state index in [1.54, 1.807) is 0 Å². The molecule has 0 aromatic carbocycles. The first kappa shape index (κ1) is 8.97. The van der Waals surface area contributed by atoms with Gasteiger partial charge in [-0.05, 0) is 19.8 Å². The minimum absolute atomic E-state index is 0.102. The molecule has 1 fully saturated rings. The second-order valence-electron chi connectivity index (χ2n) is 3.11. The Morgan fingerprint density at radius 3 is 3.00 bits per heavy atom. The van der Waals surface area contributed by atoms with Gasteiger partial charge in [-0.15, -0.1) is 0 Å². The SMILES string of the molecule is CCOCCC1(N)CCOC1. The Bertz CT molecular complexity index is 111. The van der Waals surface area contributed by atoms with Crippen LogP contribution in [-0.4, -0.2) is 32.0 Å². The predicted octanol–water partition coefficient (Wildman–Crippen LogP) is 0.531. The summed E-state index contributed by atoms with van der Waals surface area (Å²) in [5, 5.41) is 0. The smallest absolute Gasteiger partial charge is 0.0647 e. The minimum Gasteiger partial charge on any atom is -0.382 e. The molecule has 11 heavy (non-hydrogen) atoms. The van der Waals surface area contributed by atoms with Gasteiger partial charge in [0.15, 0.2) is 0 Å². The topological polar surface area (TPSA) is 44.5 Å². The Morgan fingerprint density at radius 1 is 1.64 bits per heavy atom. The van der Waals surface area contributed by atoms with Gasteiger partial charge in [0.1, 0.15) is 0 Å². The van der Waals surface area contributed by atoms with Crippen molar-refractivity contribution in [3.05, 3.63) is 0 Å². The summed E-state index contributed by atoms with van der Waals surface area (Å²) in [4.78, 5) is 0. The molecule has 0 saturated carbocycles. The number of rotatable bonds is 4. The van der Waals surface area contributed by atoms with Gasteiger partial charge in [0.25, 0.3) is 0 Å². The van der Waals surface area contributed by atoms with Crippen LogP contribution >= 0.6 is 0 Å². The first-order valence-electron chi connectivity index (χ1n) is 4.21. The molecule has 1 aliphatic rings. The normalized spacial score (nSPS) is 31.1. The van der Waals surface area contributed by atoms with Gasteiger partial charge in [0.2, 0.25) is 0 Å². The van der Waals surface area contributed by atoms with Gasteiger partial charge < -0.3 is 15.2 Å². The molecule has 0 radical (unpaired) electrons. The molecule has 66 valence electrons. The maximum absolute atomic E-state index is 5.99. The molecule has 3 heteroatoms. The van der Waals surface area contributed by atoms with Crippen LogP contribution in [0.5, 0.6) is 0 Å². The third-order valence-electron chi connectivity index (χ3n) is 2.08. The van der Waals surface area contributed by atoms with E-state index in [4.69, 9.17) is 15.2 Å². The zero-order valence-electron chi connectivity index (χ0n) is 7.14. The van der Waals surface area contributed by atoms with Crippen molar-refractivity contribution < 1.29 is 9.47 Å². The lowest BCUT2D eigenvalue weighted by Crippen LogP contribution is -2.41. The average Bonchev–Trinajstić information content (AvgIpc) is 2.38. The van der Waals surface area contributed by atoms with Crippen molar-refractivity contribution in [3.63, 3.8) is 0 Å². The van der Waals surface area contributed by atoms with E-state index in [9.17, 15) is 0 Å². The lowest BCUT2D eigenvalue weighted by molar-refractivity contribution is 0.116. The molecule has 0 aromatic rings. The van der Waals surface area contributed by atoms with Gasteiger partial charge >= 0.3 is 0 Å². The van der Waals surface area contributed by atoms with Crippen LogP contribution in [0, 0.1) is 0 Å². The second kappa shape index (κ2) is 4.04. The second-order valence-corrected chi connectivity index (χ2v) is 3.11. The Hall–Kier alpha value is -0.120. The van der Waals surface area contributed by atoms with Crippen molar-refractivity contribution >= 4 is 0 Å². The molecule has 1 saturated heterocycles. The molecule has 1 unspecified atom stereocenters. The highest BCUT2D eigenvalue weighted by Gasteiger charge is 2.29. The summed E-state index contributed by atoms with van der Waals surface area (Å²) in [5.41, 5.74) is 5.89. The molecule has 0 bridgehead atoms. The first-order chi connectivity index (χ1) is 5.27. The number of ether oxygens (including phenoxy) is 2. The summed E-state index contributed by atoms with van der Waals surface area (Å²) in [6.45, 7) is 5.03. The third-order valence-corrected chi connectivity index (χ3v) is 2.08. The largest absolute Gasteiger partial charge is 0.382 e. The fourth-order valence-corrected chi connectivity index (χ4v) is 1.24. The van der Waals surface area contributed by atoms with E-state index >= 15 is 0 Å². The lowest BCUT2D eigenvalue weighted by Gasteiger charge is -2.20. The van der Waals surface area contributed by atoms with Gasteiger partial charge in [-0.25, -0.2) is 0 Å². The molecule has 1 aliphatic heterocycles.